The first kappa shape index (κ1) is 52.7. The molecule has 1 amide bonds. The Morgan fingerprint density at radius 2 is 1.72 bits per heavy atom. The van der Waals surface area contributed by atoms with Crippen molar-refractivity contribution >= 4 is 40.4 Å². The summed E-state index contributed by atoms with van der Waals surface area (Å²) >= 11 is 0. The van der Waals surface area contributed by atoms with Crippen LogP contribution in [0.25, 0.3) is 16.8 Å². The van der Waals surface area contributed by atoms with Gasteiger partial charge in [-0.15, -0.1) is 6.58 Å². The number of oxime groups is 1. The number of aliphatic hydroxyl groups excluding tert-OH is 2. The fourth-order valence-corrected chi connectivity index (χ4v) is 11.6. The molecule has 5 aromatic rings. The Morgan fingerprint density at radius 1 is 0.947 bits per heavy atom. The third-order valence-electron chi connectivity index (χ3n) is 15.0. The monoisotopic (exact) mass is 1020 g/mol. The first-order valence-electron chi connectivity index (χ1n) is 26.0. The normalized spacial score (nSPS) is 23.3. The maximum absolute atomic E-state index is 15.6. The van der Waals surface area contributed by atoms with E-state index in [4.69, 9.17) is 33.7 Å². The summed E-state index contributed by atoms with van der Waals surface area (Å²) in [5.74, 6) is -1.12. The molecule has 4 aliphatic rings. The second-order valence-electron chi connectivity index (χ2n) is 19.6. The molecule has 0 aromatic heterocycles. The molecular weight excluding hydrogens is 955 g/mol. The number of carbonyl (C=O) groups is 2. The molecule has 0 spiro atoms. The molecular formula is C60H65N3O12. The number of rotatable bonds is 23. The van der Waals surface area contributed by atoms with Crippen LogP contribution in [0.2, 0.25) is 0 Å². The molecule has 15 nitrogen and oxygen atoms in total. The van der Waals surface area contributed by atoms with Crippen LogP contribution in [0.1, 0.15) is 97.2 Å². The number of nitro groups is 1. The van der Waals surface area contributed by atoms with E-state index >= 15 is 4.79 Å². The molecule has 15 heteroatoms. The molecule has 1 unspecified atom stereocenters. The molecule has 2 heterocycles. The number of benzene rings is 5. The van der Waals surface area contributed by atoms with E-state index in [1.807, 2.05) is 60.7 Å². The van der Waals surface area contributed by atoms with E-state index < -0.39 is 29.0 Å². The molecule has 2 fully saturated rings. The number of unbranched alkanes of at least 4 members (excludes halogenated alkanes) is 2. The summed E-state index contributed by atoms with van der Waals surface area (Å²) in [5, 5.41) is 38.8. The van der Waals surface area contributed by atoms with Gasteiger partial charge in [-0.25, -0.2) is 0 Å². The Bertz CT molecular complexity index is 2920. The number of nitrogens with zero attached hydrogens (tertiary/aromatic N) is 3. The zero-order valence-electron chi connectivity index (χ0n) is 42.3. The third kappa shape index (κ3) is 11.6. The molecule has 5 aromatic carbocycles. The van der Waals surface area contributed by atoms with Crippen molar-refractivity contribution in [3.8, 4) is 23.0 Å². The fourth-order valence-electron chi connectivity index (χ4n) is 11.6. The van der Waals surface area contributed by atoms with Gasteiger partial charge in [-0.3, -0.25) is 19.7 Å². The van der Waals surface area contributed by atoms with Gasteiger partial charge in [0.05, 0.1) is 42.4 Å². The zero-order chi connectivity index (χ0) is 52.3. The van der Waals surface area contributed by atoms with E-state index in [1.54, 1.807) is 47.4 Å². The van der Waals surface area contributed by atoms with Crippen molar-refractivity contribution < 1.29 is 53.2 Å². The van der Waals surface area contributed by atoms with Crippen LogP contribution in [0.5, 0.6) is 23.0 Å². The van der Waals surface area contributed by atoms with E-state index in [0.717, 1.165) is 72.3 Å². The van der Waals surface area contributed by atoms with Crippen molar-refractivity contribution in [2.75, 3.05) is 33.5 Å². The second kappa shape index (κ2) is 24.5. The third-order valence-corrected chi connectivity index (χ3v) is 15.0. The molecule has 0 bridgehead atoms. The zero-order valence-corrected chi connectivity index (χ0v) is 42.3. The number of aldehydes is 1. The Morgan fingerprint density at radius 3 is 2.47 bits per heavy atom. The lowest BCUT2D eigenvalue weighted by atomic mass is 9.55. The van der Waals surface area contributed by atoms with Gasteiger partial charge >= 0.3 is 0 Å². The van der Waals surface area contributed by atoms with Gasteiger partial charge < -0.3 is 43.6 Å². The Kier molecular flexibility index (Phi) is 17.2. The van der Waals surface area contributed by atoms with E-state index in [0.29, 0.717) is 65.7 Å². The van der Waals surface area contributed by atoms with Gasteiger partial charge in [-0.2, -0.15) is 0 Å². The summed E-state index contributed by atoms with van der Waals surface area (Å²) in [4.78, 5) is 47.0. The maximum Gasteiger partial charge on any atom is 0.269 e. The van der Waals surface area contributed by atoms with Crippen LogP contribution in [0.3, 0.4) is 0 Å². The van der Waals surface area contributed by atoms with Gasteiger partial charge in [0.15, 0.2) is 6.29 Å². The minimum absolute atomic E-state index is 0.0263. The number of methoxy groups -OCH3 is 1. The lowest BCUT2D eigenvalue weighted by molar-refractivity contribution is -0.384. The van der Waals surface area contributed by atoms with E-state index in [9.17, 15) is 25.1 Å². The first-order chi connectivity index (χ1) is 36.7. The van der Waals surface area contributed by atoms with Crippen LogP contribution in [0, 0.1) is 27.9 Å². The van der Waals surface area contributed by atoms with Crippen LogP contribution < -0.4 is 14.2 Å². The highest BCUT2D eigenvalue weighted by atomic mass is 16.8. The van der Waals surface area contributed by atoms with Crippen molar-refractivity contribution in [2.45, 2.75) is 94.8 Å². The minimum atomic E-state index is -1.58. The summed E-state index contributed by atoms with van der Waals surface area (Å²) in [6, 6.07) is 30.0. The molecule has 2 aliphatic carbocycles. The van der Waals surface area contributed by atoms with Crippen LogP contribution in [-0.4, -0.2) is 89.6 Å². The molecule has 2 N–H and O–H groups in total. The molecule has 7 atom stereocenters. The average Bonchev–Trinajstić information content (AvgIpc) is 3.44. The number of allylic oxidation sites excluding steroid dienone is 1. The molecule has 2 aliphatic heterocycles. The number of carbonyl (C=O) groups excluding carboxylic acids is 2. The van der Waals surface area contributed by atoms with Crippen LogP contribution >= 0.6 is 0 Å². The summed E-state index contributed by atoms with van der Waals surface area (Å²) in [7, 11) is 1.51. The van der Waals surface area contributed by atoms with Gasteiger partial charge in [-0.1, -0.05) is 72.6 Å². The number of fused-ring (bicyclic) bond motifs is 3. The van der Waals surface area contributed by atoms with Crippen LogP contribution in [0.15, 0.2) is 139 Å². The van der Waals surface area contributed by atoms with Crippen molar-refractivity contribution in [1.29, 1.82) is 0 Å². The number of hydrogen-bond acceptors (Lipinski definition) is 13. The van der Waals surface area contributed by atoms with Gasteiger partial charge in [0.25, 0.3) is 5.69 Å². The molecule has 392 valence electrons. The van der Waals surface area contributed by atoms with Gasteiger partial charge in [0.2, 0.25) is 18.0 Å². The number of aliphatic hydroxyl groups is 2. The molecule has 0 radical (unpaired) electrons. The van der Waals surface area contributed by atoms with Crippen molar-refractivity contribution in [3.63, 3.8) is 0 Å². The van der Waals surface area contributed by atoms with Crippen LogP contribution in [-0.2, 0) is 25.7 Å². The highest BCUT2D eigenvalue weighted by molar-refractivity contribution is 6.03. The quantitative estimate of drug-likeness (QED) is 0.0158. The predicted molar refractivity (Wildman–Crippen MR) is 285 cm³/mol. The first-order valence-corrected chi connectivity index (χ1v) is 26.0. The summed E-state index contributed by atoms with van der Waals surface area (Å²) < 4.78 is 32.9. The molecule has 9 rings (SSSR count). The molecule has 75 heavy (non-hydrogen) atoms. The lowest BCUT2D eigenvalue weighted by Gasteiger charge is -2.60. The van der Waals surface area contributed by atoms with Crippen molar-refractivity contribution in [3.05, 3.63) is 166 Å². The van der Waals surface area contributed by atoms with E-state index in [-0.39, 0.29) is 62.1 Å². The number of non-ortho nitro benzene ring substituents is 1. The van der Waals surface area contributed by atoms with Gasteiger partial charge in [0.1, 0.15) is 29.0 Å². The van der Waals surface area contributed by atoms with Crippen molar-refractivity contribution in [2.24, 2.45) is 22.9 Å². The SMILES string of the molecule is C=CCO[C@@]12Oc3ccc(Oc4ccc(OC)c(C=O)c4)cc3[C@H]3[C@H](CCCCO)[C@@H](CCCCO)C=C(C(=NOC4CCCCO4)C[C@@H]1N(Cc1cccc4ccccc14)C(=O)C=Cc1ccc([N+](=O)[O-])cc1)[C@H]32. The minimum Gasteiger partial charge on any atom is -0.496 e. The Hall–Kier alpha value is -7.17. The molecule has 1 saturated carbocycles. The Balaban J connectivity index is 1.26. The maximum atomic E-state index is 15.6. The number of hydrogen-bond donors (Lipinski definition) is 2. The number of ether oxygens (including phenoxy) is 5. The highest BCUT2D eigenvalue weighted by Gasteiger charge is 2.65. The van der Waals surface area contributed by atoms with Gasteiger partial charge in [0, 0.05) is 62.3 Å². The van der Waals surface area contributed by atoms with E-state index in [1.165, 1.54) is 25.3 Å². The highest BCUT2D eigenvalue weighted by Crippen LogP contribution is 2.62. The van der Waals surface area contributed by atoms with E-state index in [2.05, 4.69) is 12.7 Å². The lowest BCUT2D eigenvalue weighted by Crippen LogP contribution is -2.70. The number of nitro benzene ring substituents is 1. The predicted octanol–water partition coefficient (Wildman–Crippen LogP) is 11.3. The smallest absolute Gasteiger partial charge is 0.269 e. The topological polar surface area (TPSA) is 189 Å². The second-order valence-corrected chi connectivity index (χ2v) is 19.6. The standard InChI is InChI=1S/C60H65N3O12/c1-3-32-72-60-55(62(38-43-16-12-15-41-13-4-5-17-48(41)43)56(67)29-22-40-20-23-45(24-21-40)63(68)69)37-52(61-75-57-19-8-11-33-71-57)50-35-42(14-6-9-30-64)49(18-7-10-31-65)58(59(50)60)51-36-47(26-28-54(51)74-60)73-46-25-27-53(70-2)44(34-46)39-66/h3-5,12-13,15-17,20-29,34-36,39,42,49,55,57-59,64-65H,1,6-11,14,18-19,30-33,37-38H2,2H3/t42-,49+,55-,57?,58+,59+,60+/m0/s1. The largest absolute Gasteiger partial charge is 0.496 e. The summed E-state index contributed by atoms with van der Waals surface area (Å²) in [6.45, 7) is 4.91. The summed E-state index contributed by atoms with van der Waals surface area (Å²) in [6.07, 6.45) is 14.1. The average molecular weight is 1020 g/mol. The summed E-state index contributed by atoms with van der Waals surface area (Å²) in [5.41, 5.74) is 4.09. The molecule has 1 saturated heterocycles. The van der Waals surface area contributed by atoms with Crippen molar-refractivity contribution in [1.82, 2.24) is 4.90 Å². The van der Waals surface area contributed by atoms with Gasteiger partial charge in [-0.05, 0) is 132 Å². The van der Waals surface area contributed by atoms with Crippen LogP contribution in [0.4, 0.5) is 5.69 Å². The fraction of sp³-hybridized carbons (Fsp3) is 0.383. The number of amides is 1. The Labute approximate surface area is 437 Å².